The Morgan fingerprint density at radius 1 is 1.86 bits per heavy atom. The van der Waals surface area contributed by atoms with Crippen LogP contribution in [0.25, 0.3) is 0 Å². The van der Waals surface area contributed by atoms with Gasteiger partial charge < -0.3 is 5.32 Å². The molecule has 3 heteroatoms. The van der Waals surface area contributed by atoms with Crippen molar-refractivity contribution < 1.29 is 4.79 Å². The third-order valence-electron chi connectivity index (χ3n) is 0.461. The molecule has 1 amide bonds. The van der Waals surface area contributed by atoms with E-state index in [0.717, 1.165) is 0 Å². The number of rotatable bonds is 1. The van der Waals surface area contributed by atoms with Crippen LogP contribution in [0, 0.1) is 0 Å². The molecule has 0 aromatic carbocycles. The van der Waals surface area contributed by atoms with Crippen LogP contribution in [0.4, 0.5) is 0 Å². The minimum absolute atomic E-state index is 0.185. The average molecular weight is 120 g/mol. The van der Waals surface area contributed by atoms with Crippen molar-refractivity contribution in [3.8, 4) is 0 Å². The van der Waals surface area contributed by atoms with Gasteiger partial charge >= 0.3 is 0 Å². The maximum Gasteiger partial charge on any atom is 0.244 e. The molecular formula is C4H6ClNO. The fourth-order valence-corrected chi connectivity index (χ4v) is 0.255. The van der Waals surface area contributed by atoms with Gasteiger partial charge in [0, 0.05) is 18.7 Å². The summed E-state index contributed by atoms with van der Waals surface area (Å²) in [6.07, 6.45) is 1.24. The predicted molar refractivity (Wildman–Crippen MR) is 29.1 cm³/mol. The quantitative estimate of drug-likeness (QED) is 0.500. The maximum absolute atomic E-state index is 10.1. The van der Waals surface area contributed by atoms with Gasteiger partial charge in [0.05, 0.1) is 0 Å². The number of halogens is 1. The fourth-order valence-electron chi connectivity index (χ4n) is 0.141. The van der Waals surface area contributed by atoms with Gasteiger partial charge in [0.15, 0.2) is 0 Å². The number of carbonyl (C=O) groups excluding carboxylic acids is 1. The zero-order valence-electron chi connectivity index (χ0n) is 3.94. The molecule has 0 bridgehead atoms. The minimum atomic E-state index is -0.185. The minimum Gasteiger partial charge on any atom is -0.356 e. The molecule has 1 N–H and O–H groups in total. The van der Waals surface area contributed by atoms with Crippen molar-refractivity contribution in [3.63, 3.8) is 0 Å². The summed E-state index contributed by atoms with van der Waals surface area (Å²) in [6, 6.07) is 0. The highest BCUT2D eigenvalue weighted by Gasteiger charge is 1.82. The van der Waals surface area contributed by atoms with Gasteiger partial charge in [-0.25, -0.2) is 0 Å². The van der Waals surface area contributed by atoms with E-state index in [4.69, 9.17) is 11.6 Å². The molecule has 0 aliphatic heterocycles. The van der Waals surface area contributed by atoms with Gasteiger partial charge in [0.25, 0.3) is 0 Å². The molecule has 0 unspecified atom stereocenters. The van der Waals surface area contributed by atoms with Gasteiger partial charge in [-0.2, -0.15) is 0 Å². The SMILES string of the molecule is CNC(=O)/C=C\Cl. The second-order valence-corrected chi connectivity index (χ2v) is 1.16. The van der Waals surface area contributed by atoms with Crippen molar-refractivity contribution in [2.24, 2.45) is 0 Å². The predicted octanol–water partition coefficient (Wildman–Crippen LogP) is 0.485. The van der Waals surface area contributed by atoms with Crippen LogP contribution < -0.4 is 5.32 Å². The number of carbonyl (C=O) groups is 1. The second kappa shape index (κ2) is 3.68. The molecule has 0 saturated heterocycles. The molecule has 0 aliphatic rings. The van der Waals surface area contributed by atoms with Crippen LogP contribution in [-0.4, -0.2) is 13.0 Å². The smallest absolute Gasteiger partial charge is 0.244 e. The summed E-state index contributed by atoms with van der Waals surface area (Å²) >= 11 is 5.03. The third kappa shape index (κ3) is 3.33. The summed E-state index contributed by atoms with van der Waals surface area (Å²) in [5.41, 5.74) is 1.17. The molecule has 0 aromatic heterocycles. The first-order valence-electron chi connectivity index (χ1n) is 1.79. The monoisotopic (exact) mass is 119 g/mol. The van der Waals surface area contributed by atoms with Crippen molar-refractivity contribution in [2.75, 3.05) is 7.05 Å². The first kappa shape index (κ1) is 6.50. The lowest BCUT2D eigenvalue weighted by Gasteiger charge is -1.83. The van der Waals surface area contributed by atoms with E-state index in [-0.39, 0.29) is 5.91 Å². The lowest BCUT2D eigenvalue weighted by atomic mass is 10.6. The van der Waals surface area contributed by atoms with Crippen molar-refractivity contribution in [1.29, 1.82) is 0 Å². The van der Waals surface area contributed by atoms with E-state index in [9.17, 15) is 4.79 Å². The molecule has 0 aliphatic carbocycles. The number of hydrogen-bond donors (Lipinski definition) is 1. The van der Waals surface area contributed by atoms with Gasteiger partial charge in [-0.05, 0) is 0 Å². The summed E-state index contributed by atoms with van der Waals surface area (Å²) in [5.74, 6) is -0.185. The Balaban J connectivity index is 3.37. The lowest BCUT2D eigenvalue weighted by molar-refractivity contribution is -0.116. The van der Waals surface area contributed by atoms with Crippen LogP contribution in [0.1, 0.15) is 0 Å². The maximum atomic E-state index is 10.1. The van der Waals surface area contributed by atoms with Gasteiger partial charge in [0.1, 0.15) is 0 Å². The Bertz CT molecular complexity index is 89.7. The van der Waals surface area contributed by atoms with Crippen LogP contribution >= 0.6 is 11.6 Å². The van der Waals surface area contributed by atoms with E-state index < -0.39 is 0 Å². The zero-order valence-corrected chi connectivity index (χ0v) is 4.70. The van der Waals surface area contributed by atoms with Crippen LogP contribution in [0.15, 0.2) is 11.6 Å². The third-order valence-corrected chi connectivity index (χ3v) is 0.587. The highest BCUT2D eigenvalue weighted by atomic mass is 35.5. The van der Waals surface area contributed by atoms with Crippen molar-refractivity contribution in [2.45, 2.75) is 0 Å². The van der Waals surface area contributed by atoms with Crippen LogP contribution in [-0.2, 0) is 4.79 Å². The summed E-state index contributed by atoms with van der Waals surface area (Å²) < 4.78 is 0. The molecule has 7 heavy (non-hydrogen) atoms. The molecule has 0 aromatic rings. The standard InChI is InChI=1S/C4H6ClNO/c1-6-4(7)2-3-5/h2-3H,1H3,(H,6,7)/b3-2-. The molecule has 0 atom stereocenters. The summed E-state index contributed by atoms with van der Waals surface area (Å²) in [7, 11) is 1.54. The van der Waals surface area contributed by atoms with Crippen LogP contribution in [0.2, 0.25) is 0 Å². The number of hydrogen-bond acceptors (Lipinski definition) is 1. The van der Waals surface area contributed by atoms with E-state index in [1.54, 1.807) is 7.05 Å². The van der Waals surface area contributed by atoms with E-state index >= 15 is 0 Å². The molecule has 0 saturated carbocycles. The molecule has 0 heterocycles. The average Bonchev–Trinajstić information content (AvgIpc) is 1.68. The lowest BCUT2D eigenvalue weighted by Crippen LogP contribution is -2.13. The Labute approximate surface area is 47.2 Å². The largest absolute Gasteiger partial charge is 0.356 e. The van der Waals surface area contributed by atoms with Gasteiger partial charge in [-0.15, -0.1) is 0 Å². The first-order chi connectivity index (χ1) is 3.31. The summed E-state index contributed by atoms with van der Waals surface area (Å²) in [6.45, 7) is 0. The second-order valence-electron chi connectivity index (χ2n) is 0.907. The zero-order chi connectivity index (χ0) is 5.70. The van der Waals surface area contributed by atoms with Gasteiger partial charge in [-0.3, -0.25) is 4.79 Å². The van der Waals surface area contributed by atoms with Crippen molar-refractivity contribution >= 4 is 17.5 Å². The first-order valence-corrected chi connectivity index (χ1v) is 2.23. The fraction of sp³-hybridized carbons (Fsp3) is 0.250. The number of amides is 1. The highest BCUT2D eigenvalue weighted by molar-refractivity contribution is 6.26. The summed E-state index contributed by atoms with van der Waals surface area (Å²) in [4.78, 5) is 10.1. The van der Waals surface area contributed by atoms with Gasteiger partial charge in [0.2, 0.25) is 5.91 Å². The normalized spacial score (nSPS) is 9.43. The molecule has 40 valence electrons. The topological polar surface area (TPSA) is 29.1 Å². The molecule has 0 fully saturated rings. The molecular weight excluding hydrogens is 114 g/mol. The number of nitrogens with one attached hydrogen (secondary N) is 1. The highest BCUT2D eigenvalue weighted by Crippen LogP contribution is 1.75. The molecule has 2 nitrogen and oxygen atoms in total. The van der Waals surface area contributed by atoms with Crippen LogP contribution in [0.3, 0.4) is 0 Å². The Morgan fingerprint density at radius 3 is 2.57 bits per heavy atom. The van der Waals surface area contributed by atoms with Crippen molar-refractivity contribution in [3.05, 3.63) is 11.6 Å². The van der Waals surface area contributed by atoms with E-state index in [2.05, 4.69) is 5.32 Å². The molecule has 0 spiro atoms. The van der Waals surface area contributed by atoms with E-state index in [1.807, 2.05) is 0 Å². The molecule has 0 rings (SSSR count). The van der Waals surface area contributed by atoms with E-state index in [0.29, 0.717) is 0 Å². The Hall–Kier alpha value is -0.500. The van der Waals surface area contributed by atoms with E-state index in [1.165, 1.54) is 11.6 Å². The molecule has 0 radical (unpaired) electrons. The van der Waals surface area contributed by atoms with Crippen molar-refractivity contribution in [1.82, 2.24) is 5.32 Å². The summed E-state index contributed by atoms with van der Waals surface area (Å²) in [5, 5.41) is 2.36. The Morgan fingerprint density at radius 2 is 2.43 bits per heavy atom. The van der Waals surface area contributed by atoms with Crippen LogP contribution in [0.5, 0.6) is 0 Å². The number of likely N-dealkylation sites (N-methyl/N-ethyl adjacent to an activating group) is 1. The Kier molecular flexibility index (Phi) is 3.42. The van der Waals surface area contributed by atoms with Gasteiger partial charge in [-0.1, -0.05) is 11.6 Å².